The van der Waals surface area contributed by atoms with E-state index in [2.05, 4.69) is 35.9 Å². The van der Waals surface area contributed by atoms with Crippen molar-refractivity contribution in [2.75, 3.05) is 11.4 Å². The van der Waals surface area contributed by atoms with Crippen molar-refractivity contribution in [2.24, 2.45) is 11.7 Å². The third-order valence-corrected chi connectivity index (χ3v) is 3.53. The smallest absolute Gasteiger partial charge is 0.128 e. The van der Waals surface area contributed by atoms with E-state index in [1.165, 1.54) is 19.3 Å². The van der Waals surface area contributed by atoms with Crippen LogP contribution in [0, 0.1) is 5.92 Å². The Kier molecular flexibility index (Phi) is 4.23. The summed E-state index contributed by atoms with van der Waals surface area (Å²) in [6.07, 6.45) is 5.78. The van der Waals surface area contributed by atoms with Gasteiger partial charge in [0.25, 0.3) is 0 Å². The lowest BCUT2D eigenvalue weighted by molar-refractivity contribution is 0.568. The summed E-state index contributed by atoms with van der Waals surface area (Å²) in [6, 6.07) is 5.02. The maximum absolute atomic E-state index is 5.86. The Bertz CT molecular complexity index is 366. The van der Waals surface area contributed by atoms with Gasteiger partial charge in [-0.3, -0.25) is 0 Å². The molecule has 3 nitrogen and oxygen atoms in total. The lowest BCUT2D eigenvalue weighted by atomic mass is 10.1. The highest BCUT2D eigenvalue weighted by molar-refractivity contribution is 5.42. The van der Waals surface area contributed by atoms with Crippen molar-refractivity contribution < 1.29 is 0 Å². The van der Waals surface area contributed by atoms with Gasteiger partial charge in [-0.2, -0.15) is 0 Å². The van der Waals surface area contributed by atoms with E-state index in [9.17, 15) is 0 Å². The maximum atomic E-state index is 5.86. The molecule has 3 heteroatoms. The molecule has 1 unspecified atom stereocenters. The fourth-order valence-electron chi connectivity index (χ4n) is 2.10. The molecule has 1 aliphatic carbocycles. The van der Waals surface area contributed by atoms with Gasteiger partial charge in [0.15, 0.2) is 0 Å². The Balaban J connectivity index is 2.05. The minimum Gasteiger partial charge on any atom is -0.354 e. The Morgan fingerprint density at radius 2 is 2.06 bits per heavy atom. The molecule has 0 aliphatic heterocycles. The molecule has 1 aromatic heterocycles. The first-order valence-corrected chi connectivity index (χ1v) is 7.06. The Labute approximate surface area is 110 Å². The van der Waals surface area contributed by atoms with Crippen molar-refractivity contribution in [1.82, 2.24) is 4.98 Å². The summed E-state index contributed by atoms with van der Waals surface area (Å²) >= 11 is 0. The molecule has 1 heterocycles. The van der Waals surface area contributed by atoms with Gasteiger partial charge in [-0.05, 0) is 43.7 Å². The highest BCUT2D eigenvalue weighted by atomic mass is 15.2. The second-order valence-corrected chi connectivity index (χ2v) is 5.85. The minimum atomic E-state index is 0.0663. The number of rotatable bonds is 6. The van der Waals surface area contributed by atoms with Crippen molar-refractivity contribution in [1.29, 1.82) is 0 Å². The standard InChI is InChI=1S/C15H25N3/c1-11(2)8-9-18(14-5-6-14)15-7-4-13(10-17-15)12(3)16/h4,7,10-12,14H,5-6,8-9,16H2,1-3H3. The Morgan fingerprint density at radius 1 is 1.33 bits per heavy atom. The van der Waals surface area contributed by atoms with Crippen LogP contribution < -0.4 is 10.6 Å². The first-order chi connectivity index (χ1) is 8.58. The SMILES string of the molecule is CC(C)CCN(c1ccc(C(C)N)cn1)C1CC1. The summed E-state index contributed by atoms with van der Waals surface area (Å²) in [6.45, 7) is 7.66. The van der Waals surface area contributed by atoms with Crippen LogP contribution >= 0.6 is 0 Å². The molecule has 1 aliphatic rings. The Morgan fingerprint density at radius 3 is 2.50 bits per heavy atom. The van der Waals surface area contributed by atoms with E-state index >= 15 is 0 Å². The molecule has 2 N–H and O–H groups in total. The van der Waals surface area contributed by atoms with Crippen LogP contribution in [-0.4, -0.2) is 17.6 Å². The van der Waals surface area contributed by atoms with Gasteiger partial charge in [-0.1, -0.05) is 19.9 Å². The van der Waals surface area contributed by atoms with E-state index < -0.39 is 0 Å². The minimum absolute atomic E-state index is 0.0663. The van der Waals surface area contributed by atoms with E-state index in [0.717, 1.165) is 29.9 Å². The van der Waals surface area contributed by atoms with Gasteiger partial charge < -0.3 is 10.6 Å². The number of anilines is 1. The van der Waals surface area contributed by atoms with Gasteiger partial charge in [0.05, 0.1) is 0 Å². The normalized spacial score (nSPS) is 16.9. The number of aromatic nitrogens is 1. The largest absolute Gasteiger partial charge is 0.354 e. The maximum Gasteiger partial charge on any atom is 0.128 e. The van der Waals surface area contributed by atoms with E-state index in [-0.39, 0.29) is 6.04 Å². The van der Waals surface area contributed by atoms with Crippen LogP contribution in [0.25, 0.3) is 0 Å². The highest BCUT2D eigenvalue weighted by Gasteiger charge is 2.29. The first-order valence-electron chi connectivity index (χ1n) is 7.06. The summed E-state index contributed by atoms with van der Waals surface area (Å²) in [5.41, 5.74) is 6.97. The van der Waals surface area contributed by atoms with E-state index in [4.69, 9.17) is 5.73 Å². The number of pyridine rings is 1. The lowest BCUT2D eigenvalue weighted by Crippen LogP contribution is -2.28. The molecule has 0 bridgehead atoms. The van der Waals surface area contributed by atoms with Gasteiger partial charge >= 0.3 is 0 Å². The van der Waals surface area contributed by atoms with Crippen LogP contribution in [0.1, 0.15) is 51.6 Å². The zero-order chi connectivity index (χ0) is 13.1. The Hall–Kier alpha value is -1.09. The van der Waals surface area contributed by atoms with E-state index in [1.807, 2.05) is 13.1 Å². The third kappa shape index (κ3) is 3.45. The van der Waals surface area contributed by atoms with Crippen molar-refractivity contribution in [3.05, 3.63) is 23.9 Å². The average molecular weight is 247 g/mol. The summed E-state index contributed by atoms with van der Waals surface area (Å²) in [4.78, 5) is 7.05. The third-order valence-electron chi connectivity index (χ3n) is 3.53. The first kappa shape index (κ1) is 13.3. The molecule has 1 saturated carbocycles. The van der Waals surface area contributed by atoms with E-state index in [0.29, 0.717) is 0 Å². The summed E-state index contributed by atoms with van der Waals surface area (Å²) in [5, 5.41) is 0. The monoisotopic (exact) mass is 247 g/mol. The van der Waals surface area contributed by atoms with Crippen LogP contribution in [0.5, 0.6) is 0 Å². The molecule has 2 rings (SSSR count). The van der Waals surface area contributed by atoms with Crippen molar-refractivity contribution >= 4 is 5.82 Å². The second kappa shape index (κ2) is 5.70. The van der Waals surface area contributed by atoms with Gasteiger partial charge in [0.2, 0.25) is 0 Å². The molecule has 0 saturated heterocycles. The zero-order valence-electron chi connectivity index (χ0n) is 11.8. The van der Waals surface area contributed by atoms with Crippen molar-refractivity contribution in [2.45, 2.75) is 52.1 Å². The van der Waals surface area contributed by atoms with Gasteiger partial charge in [0.1, 0.15) is 5.82 Å². The lowest BCUT2D eigenvalue weighted by Gasteiger charge is -2.24. The summed E-state index contributed by atoms with van der Waals surface area (Å²) < 4.78 is 0. The molecule has 1 fully saturated rings. The number of hydrogen-bond acceptors (Lipinski definition) is 3. The fraction of sp³-hybridized carbons (Fsp3) is 0.667. The molecule has 100 valence electrons. The van der Waals surface area contributed by atoms with Crippen molar-refractivity contribution in [3.63, 3.8) is 0 Å². The predicted octanol–water partition coefficient (Wildman–Crippen LogP) is 3.12. The van der Waals surface area contributed by atoms with Crippen LogP contribution in [0.4, 0.5) is 5.82 Å². The number of hydrogen-bond donors (Lipinski definition) is 1. The predicted molar refractivity (Wildman–Crippen MR) is 76.7 cm³/mol. The molecule has 0 aromatic carbocycles. The van der Waals surface area contributed by atoms with Gasteiger partial charge in [-0.25, -0.2) is 4.98 Å². The van der Waals surface area contributed by atoms with Crippen LogP contribution in [-0.2, 0) is 0 Å². The number of nitrogens with zero attached hydrogens (tertiary/aromatic N) is 2. The second-order valence-electron chi connectivity index (χ2n) is 5.85. The van der Waals surface area contributed by atoms with Gasteiger partial charge in [-0.15, -0.1) is 0 Å². The summed E-state index contributed by atoms with van der Waals surface area (Å²) in [7, 11) is 0. The van der Waals surface area contributed by atoms with Crippen LogP contribution in [0.15, 0.2) is 18.3 Å². The molecule has 0 spiro atoms. The van der Waals surface area contributed by atoms with Crippen molar-refractivity contribution in [3.8, 4) is 0 Å². The van der Waals surface area contributed by atoms with Gasteiger partial charge in [0, 0.05) is 24.8 Å². The molecule has 0 amide bonds. The molecule has 1 atom stereocenters. The molecular weight excluding hydrogens is 222 g/mol. The zero-order valence-corrected chi connectivity index (χ0v) is 11.8. The number of nitrogens with two attached hydrogens (primary N) is 1. The van der Waals surface area contributed by atoms with Crippen LogP contribution in [0.3, 0.4) is 0 Å². The molecule has 0 radical (unpaired) electrons. The highest BCUT2D eigenvalue weighted by Crippen LogP contribution is 2.31. The average Bonchev–Trinajstić information content (AvgIpc) is 3.14. The molecule has 1 aromatic rings. The van der Waals surface area contributed by atoms with Crippen LogP contribution in [0.2, 0.25) is 0 Å². The molecule has 18 heavy (non-hydrogen) atoms. The molecular formula is C15H25N3. The summed E-state index contributed by atoms with van der Waals surface area (Å²) in [5.74, 6) is 1.86. The topological polar surface area (TPSA) is 42.1 Å². The quantitative estimate of drug-likeness (QED) is 0.840. The van der Waals surface area contributed by atoms with E-state index in [1.54, 1.807) is 0 Å². The fourth-order valence-corrected chi connectivity index (χ4v) is 2.10.